The van der Waals surface area contributed by atoms with Crippen molar-refractivity contribution in [1.29, 1.82) is 0 Å². The first-order valence-electron chi connectivity index (χ1n) is 6.34. The van der Waals surface area contributed by atoms with Gasteiger partial charge < -0.3 is 9.47 Å². The maximum absolute atomic E-state index is 11.8. The smallest absolute Gasteiger partial charge is 0.253 e. The first-order valence-corrected chi connectivity index (χ1v) is 6.34. The molecule has 0 saturated carbocycles. The Morgan fingerprint density at radius 3 is 2.75 bits per heavy atom. The Balaban J connectivity index is 1.72. The summed E-state index contributed by atoms with van der Waals surface area (Å²) in [5, 5.41) is 0. The normalized spacial score (nSPS) is 17.0. The zero-order chi connectivity index (χ0) is 13.9. The molecule has 0 saturated heterocycles. The van der Waals surface area contributed by atoms with Gasteiger partial charge in [0.25, 0.3) is 11.8 Å². The van der Waals surface area contributed by atoms with Gasteiger partial charge in [-0.1, -0.05) is 12.1 Å². The van der Waals surface area contributed by atoms with E-state index in [4.69, 9.17) is 9.47 Å². The highest BCUT2D eigenvalue weighted by Crippen LogP contribution is 2.31. The molecule has 2 aliphatic rings. The minimum absolute atomic E-state index is 0.276. The Kier molecular flexibility index (Phi) is 3.25. The molecular weight excluding hydrogens is 258 g/mol. The number of carbonyl (C=O) groups is 2. The van der Waals surface area contributed by atoms with E-state index in [1.165, 1.54) is 17.1 Å². The van der Waals surface area contributed by atoms with Gasteiger partial charge in [-0.3, -0.25) is 14.5 Å². The molecule has 0 fully saturated rings. The van der Waals surface area contributed by atoms with E-state index in [-0.39, 0.29) is 11.8 Å². The van der Waals surface area contributed by atoms with E-state index in [9.17, 15) is 9.59 Å². The molecule has 1 aromatic carbocycles. The number of imide groups is 1. The maximum atomic E-state index is 11.8. The van der Waals surface area contributed by atoms with Crippen molar-refractivity contribution in [2.75, 3.05) is 19.8 Å². The van der Waals surface area contributed by atoms with E-state index >= 15 is 0 Å². The van der Waals surface area contributed by atoms with Gasteiger partial charge in [0.2, 0.25) is 0 Å². The molecule has 0 unspecified atom stereocenters. The predicted molar refractivity (Wildman–Crippen MR) is 72.3 cm³/mol. The lowest BCUT2D eigenvalue weighted by Gasteiger charge is -2.18. The molecule has 2 aliphatic heterocycles. The van der Waals surface area contributed by atoms with E-state index in [2.05, 4.69) is 0 Å². The topological polar surface area (TPSA) is 55.8 Å². The van der Waals surface area contributed by atoms with Gasteiger partial charge in [0.05, 0.1) is 0 Å². The summed E-state index contributed by atoms with van der Waals surface area (Å²) in [4.78, 5) is 24.4. The summed E-state index contributed by atoms with van der Waals surface area (Å²) < 4.78 is 10.9. The van der Waals surface area contributed by atoms with Gasteiger partial charge in [-0.25, -0.2) is 0 Å². The van der Waals surface area contributed by atoms with Gasteiger partial charge in [0.1, 0.15) is 13.2 Å². The van der Waals surface area contributed by atoms with Crippen molar-refractivity contribution in [3.8, 4) is 11.5 Å². The number of carbonyl (C=O) groups excluding carboxylic acids is 2. The average molecular weight is 271 g/mol. The lowest BCUT2D eigenvalue weighted by molar-refractivity contribution is -0.137. The molecule has 0 bridgehead atoms. The second-order valence-corrected chi connectivity index (χ2v) is 4.43. The summed E-state index contributed by atoms with van der Waals surface area (Å²) in [6.07, 6.45) is 6.11. The molecule has 2 heterocycles. The van der Waals surface area contributed by atoms with Crippen LogP contribution in [0.25, 0.3) is 6.08 Å². The van der Waals surface area contributed by atoms with Crippen molar-refractivity contribution >= 4 is 17.9 Å². The highest BCUT2D eigenvalue weighted by Gasteiger charge is 2.19. The van der Waals surface area contributed by atoms with Gasteiger partial charge >= 0.3 is 0 Å². The average Bonchev–Trinajstić information content (AvgIpc) is 2.91. The molecule has 2 amide bonds. The fourth-order valence-corrected chi connectivity index (χ4v) is 2.06. The van der Waals surface area contributed by atoms with Gasteiger partial charge in [0.15, 0.2) is 11.5 Å². The summed E-state index contributed by atoms with van der Waals surface area (Å²) in [5.41, 5.74) is 0.821. The van der Waals surface area contributed by atoms with Gasteiger partial charge in [-0.05, 0) is 23.8 Å². The SMILES string of the molecule is O=C1C=CCN1C(=O)C=Cc1ccc2c(c1)OCCO2. The molecule has 1 aromatic rings. The Morgan fingerprint density at radius 2 is 2.00 bits per heavy atom. The Bertz CT molecular complexity index is 618. The molecular formula is C15H13NO4. The summed E-state index contributed by atoms with van der Waals surface area (Å²) in [5.74, 6) is 0.778. The zero-order valence-corrected chi connectivity index (χ0v) is 10.7. The lowest BCUT2D eigenvalue weighted by Crippen LogP contribution is -2.30. The van der Waals surface area contributed by atoms with Gasteiger partial charge in [-0.15, -0.1) is 0 Å². The fourth-order valence-electron chi connectivity index (χ4n) is 2.06. The van der Waals surface area contributed by atoms with Crippen LogP contribution >= 0.6 is 0 Å². The van der Waals surface area contributed by atoms with Gasteiger partial charge in [-0.2, -0.15) is 0 Å². The predicted octanol–water partition coefficient (Wildman–Crippen LogP) is 1.40. The number of hydrogen-bond donors (Lipinski definition) is 0. The number of nitrogens with zero attached hydrogens (tertiary/aromatic N) is 1. The van der Waals surface area contributed by atoms with Crippen LogP contribution in [0.4, 0.5) is 0 Å². The molecule has 0 atom stereocenters. The molecule has 0 radical (unpaired) electrons. The van der Waals surface area contributed by atoms with Crippen LogP contribution in [0, 0.1) is 0 Å². The molecule has 20 heavy (non-hydrogen) atoms. The van der Waals surface area contributed by atoms with Crippen LogP contribution in [0.3, 0.4) is 0 Å². The number of ether oxygens (including phenoxy) is 2. The van der Waals surface area contributed by atoms with Crippen LogP contribution in [0.5, 0.6) is 11.5 Å². The summed E-state index contributed by atoms with van der Waals surface area (Å²) >= 11 is 0. The monoisotopic (exact) mass is 271 g/mol. The number of fused-ring (bicyclic) bond motifs is 1. The third kappa shape index (κ3) is 2.42. The van der Waals surface area contributed by atoms with Crippen molar-refractivity contribution in [3.05, 3.63) is 42.0 Å². The molecule has 3 rings (SSSR count). The summed E-state index contributed by atoms with van der Waals surface area (Å²) in [7, 11) is 0. The molecule has 5 heteroatoms. The lowest BCUT2D eigenvalue weighted by atomic mass is 10.2. The van der Waals surface area contributed by atoms with Crippen molar-refractivity contribution < 1.29 is 19.1 Å². The third-order valence-corrected chi connectivity index (χ3v) is 3.07. The van der Waals surface area contributed by atoms with E-state index in [1.54, 1.807) is 18.2 Å². The molecule has 0 N–H and O–H groups in total. The Morgan fingerprint density at radius 1 is 1.20 bits per heavy atom. The summed E-state index contributed by atoms with van der Waals surface area (Å²) in [6, 6.07) is 5.45. The molecule has 0 aliphatic carbocycles. The van der Waals surface area contributed by atoms with Gasteiger partial charge in [0, 0.05) is 18.7 Å². The quantitative estimate of drug-likeness (QED) is 0.763. The first-order chi connectivity index (χ1) is 9.74. The third-order valence-electron chi connectivity index (χ3n) is 3.07. The second-order valence-electron chi connectivity index (χ2n) is 4.43. The fraction of sp³-hybridized carbons (Fsp3) is 0.200. The highest BCUT2D eigenvalue weighted by atomic mass is 16.6. The molecule has 5 nitrogen and oxygen atoms in total. The van der Waals surface area contributed by atoms with Crippen molar-refractivity contribution in [2.24, 2.45) is 0 Å². The molecule has 0 aromatic heterocycles. The van der Waals surface area contributed by atoms with Crippen molar-refractivity contribution in [2.45, 2.75) is 0 Å². The van der Waals surface area contributed by atoms with E-state index in [1.807, 2.05) is 12.1 Å². The number of amides is 2. The minimum atomic E-state index is -0.324. The summed E-state index contributed by atoms with van der Waals surface area (Å²) in [6.45, 7) is 1.40. The maximum Gasteiger partial charge on any atom is 0.253 e. The van der Waals surface area contributed by atoms with Crippen LogP contribution in [0.1, 0.15) is 5.56 Å². The van der Waals surface area contributed by atoms with Crippen LogP contribution in [-0.4, -0.2) is 36.5 Å². The van der Waals surface area contributed by atoms with Crippen LogP contribution in [0.2, 0.25) is 0 Å². The first kappa shape index (κ1) is 12.5. The van der Waals surface area contributed by atoms with Crippen molar-refractivity contribution in [1.82, 2.24) is 4.90 Å². The second kappa shape index (κ2) is 5.21. The van der Waals surface area contributed by atoms with Crippen LogP contribution in [-0.2, 0) is 9.59 Å². The largest absolute Gasteiger partial charge is 0.486 e. The van der Waals surface area contributed by atoms with Crippen LogP contribution in [0.15, 0.2) is 36.4 Å². The minimum Gasteiger partial charge on any atom is -0.486 e. The molecule has 0 spiro atoms. The highest BCUT2D eigenvalue weighted by molar-refractivity contribution is 6.08. The van der Waals surface area contributed by atoms with Crippen LogP contribution < -0.4 is 9.47 Å². The van der Waals surface area contributed by atoms with E-state index < -0.39 is 0 Å². The number of benzene rings is 1. The zero-order valence-electron chi connectivity index (χ0n) is 10.7. The molecule has 102 valence electrons. The van der Waals surface area contributed by atoms with E-state index in [0.717, 1.165) is 5.56 Å². The Labute approximate surface area is 116 Å². The standard InChI is InChI=1S/C15H13NO4/c17-14-2-1-7-16(14)15(18)6-4-11-3-5-12-13(10-11)20-9-8-19-12/h1-6,10H,7-9H2. The Hall–Kier alpha value is -2.56. The van der Waals surface area contributed by atoms with Crippen molar-refractivity contribution in [3.63, 3.8) is 0 Å². The number of hydrogen-bond acceptors (Lipinski definition) is 4. The number of rotatable bonds is 2. The van der Waals surface area contributed by atoms with E-state index in [0.29, 0.717) is 31.3 Å².